The maximum atomic E-state index is 11.1. The van der Waals surface area contributed by atoms with E-state index in [0.717, 1.165) is 47.6 Å². The predicted molar refractivity (Wildman–Crippen MR) is 118 cm³/mol. The van der Waals surface area contributed by atoms with Crippen LogP contribution in [0.25, 0.3) is 0 Å². The molecule has 1 aromatic carbocycles. The fraction of sp³-hybridized carbons (Fsp3) is 0.696. The summed E-state index contributed by atoms with van der Waals surface area (Å²) in [6, 6.07) is 4.03. The Morgan fingerprint density at radius 2 is 1.72 bits per heavy atom. The van der Waals surface area contributed by atoms with Gasteiger partial charge in [-0.15, -0.1) is 0 Å². The Labute approximate surface area is 194 Å². The van der Waals surface area contributed by atoms with E-state index < -0.39 is 20.8 Å². The maximum absolute atomic E-state index is 11.1. The first-order valence-electron chi connectivity index (χ1n) is 10.8. The number of aliphatic imine (C=N–C) groups is 1. The van der Waals surface area contributed by atoms with Crippen molar-refractivity contribution in [3.05, 3.63) is 23.3 Å². The van der Waals surface area contributed by atoms with Crippen LogP contribution in [0.4, 0.5) is 0 Å². The standard InChI is InChI=1S/C23H33NO2.2ClH.Zr/c1-15(2)4-5-24-14-19-9-20(26-3)10-21(22(19)25)23-11-16-6-17(12-23)8-18(7-16)13-23;;;/h9-10,14-18,25H,4-8,11-13H2,1-3H3;2*1H;/q;;;+2/p-2. The zero-order valence-electron chi connectivity index (χ0n) is 17.8. The molecule has 4 aliphatic rings. The van der Waals surface area contributed by atoms with Gasteiger partial charge in [0.05, 0.1) is 7.11 Å². The monoisotopic (exact) mass is 515 g/mol. The number of hydrogen-bond donors (Lipinski definition) is 1. The molecule has 0 unspecified atom stereocenters. The van der Waals surface area contributed by atoms with E-state index in [0.29, 0.717) is 11.7 Å². The van der Waals surface area contributed by atoms with Gasteiger partial charge in [0.15, 0.2) is 0 Å². The number of ether oxygens (including phenoxy) is 1. The number of nitrogens with zero attached hydrogens (tertiary/aromatic N) is 1. The van der Waals surface area contributed by atoms with Gasteiger partial charge in [-0.25, -0.2) is 0 Å². The fourth-order valence-corrected chi connectivity index (χ4v) is 6.19. The third-order valence-corrected chi connectivity index (χ3v) is 7.02. The van der Waals surface area contributed by atoms with Gasteiger partial charge in [-0.1, -0.05) is 13.8 Å². The SMILES string of the molecule is COc1cc(C=NCCC(C)C)c(O)c(C23CC4CC(CC(C4)C2)C3)c1.[Cl][Zr][Cl]. The number of benzene rings is 1. The van der Waals surface area contributed by atoms with Gasteiger partial charge in [0.25, 0.3) is 0 Å². The Kier molecular flexibility index (Phi) is 8.56. The summed E-state index contributed by atoms with van der Waals surface area (Å²) in [5.41, 5.74) is 2.11. The number of phenols is 1. The molecule has 160 valence electrons. The molecule has 4 saturated carbocycles. The van der Waals surface area contributed by atoms with Crippen LogP contribution in [0.3, 0.4) is 0 Å². The summed E-state index contributed by atoms with van der Waals surface area (Å²) in [5, 5.41) is 11.1. The topological polar surface area (TPSA) is 41.8 Å². The first-order chi connectivity index (χ1) is 13.9. The van der Waals surface area contributed by atoms with Crippen molar-refractivity contribution in [2.45, 2.75) is 64.2 Å². The van der Waals surface area contributed by atoms with Crippen molar-refractivity contribution in [2.24, 2.45) is 28.7 Å². The van der Waals surface area contributed by atoms with Crippen molar-refractivity contribution in [3.63, 3.8) is 0 Å². The third-order valence-electron chi connectivity index (χ3n) is 7.02. The van der Waals surface area contributed by atoms with E-state index in [2.05, 4.69) is 24.9 Å². The van der Waals surface area contributed by atoms with Crippen LogP contribution >= 0.6 is 17.0 Å². The molecule has 29 heavy (non-hydrogen) atoms. The van der Waals surface area contributed by atoms with Crippen LogP contribution in [-0.2, 0) is 26.3 Å². The zero-order chi connectivity index (χ0) is 21.0. The molecule has 0 saturated heterocycles. The molecule has 4 aliphatic carbocycles. The van der Waals surface area contributed by atoms with Crippen molar-refractivity contribution in [1.29, 1.82) is 0 Å². The summed E-state index contributed by atoms with van der Waals surface area (Å²) < 4.78 is 5.59. The van der Waals surface area contributed by atoms with Crippen LogP contribution in [-0.4, -0.2) is 25.0 Å². The number of aromatic hydroxyl groups is 1. The molecule has 1 N–H and O–H groups in total. The van der Waals surface area contributed by atoms with E-state index in [-0.39, 0.29) is 5.41 Å². The molecule has 0 amide bonds. The molecule has 0 aliphatic heterocycles. The molecule has 6 heteroatoms. The summed E-state index contributed by atoms with van der Waals surface area (Å²) in [4.78, 5) is 4.56. The Morgan fingerprint density at radius 1 is 1.17 bits per heavy atom. The van der Waals surface area contributed by atoms with Crippen LogP contribution in [0.2, 0.25) is 0 Å². The second kappa shape index (κ2) is 10.5. The predicted octanol–water partition coefficient (Wildman–Crippen LogP) is 6.71. The molecule has 0 spiro atoms. The number of phenolic OH excluding ortho intramolecular Hbond substituents is 1. The van der Waals surface area contributed by atoms with Crippen molar-refractivity contribution in [3.8, 4) is 11.5 Å². The van der Waals surface area contributed by atoms with Gasteiger partial charge in [-0.05, 0) is 86.2 Å². The van der Waals surface area contributed by atoms with E-state index >= 15 is 0 Å². The van der Waals surface area contributed by atoms with Crippen molar-refractivity contribution in [2.75, 3.05) is 13.7 Å². The first-order valence-corrected chi connectivity index (χ1v) is 17.1. The average Bonchev–Trinajstić information content (AvgIpc) is 2.65. The van der Waals surface area contributed by atoms with Gasteiger partial charge in [-0.3, -0.25) is 4.99 Å². The molecule has 0 atom stereocenters. The normalized spacial score (nSPS) is 29.8. The zero-order valence-corrected chi connectivity index (χ0v) is 21.7. The van der Waals surface area contributed by atoms with E-state index in [4.69, 9.17) is 21.8 Å². The fourth-order valence-electron chi connectivity index (χ4n) is 6.19. The summed E-state index contributed by atoms with van der Waals surface area (Å²) >= 11 is -0.826. The second-order valence-electron chi connectivity index (χ2n) is 9.60. The summed E-state index contributed by atoms with van der Waals surface area (Å²) in [6.45, 7) is 5.23. The Morgan fingerprint density at radius 3 is 2.21 bits per heavy atom. The minimum atomic E-state index is -0.826. The van der Waals surface area contributed by atoms with Crippen LogP contribution in [0.5, 0.6) is 11.5 Å². The van der Waals surface area contributed by atoms with Crippen LogP contribution < -0.4 is 4.74 Å². The van der Waals surface area contributed by atoms with Crippen LogP contribution in [0.1, 0.15) is 69.9 Å². The van der Waals surface area contributed by atoms with Gasteiger partial charge in [0.2, 0.25) is 0 Å². The first kappa shape index (κ1) is 23.6. The quantitative estimate of drug-likeness (QED) is 0.426. The Bertz CT molecular complexity index is 688. The minimum absolute atomic E-state index is 0.161. The molecular formula is C23H33Cl2NO2Zr. The van der Waals surface area contributed by atoms with E-state index in [1.807, 2.05) is 12.3 Å². The Hall–Kier alpha value is -0.0469. The number of hydrogen-bond acceptors (Lipinski definition) is 3. The summed E-state index contributed by atoms with van der Waals surface area (Å²) in [7, 11) is 11.6. The van der Waals surface area contributed by atoms with Gasteiger partial charge in [0.1, 0.15) is 11.5 Å². The van der Waals surface area contributed by atoms with Crippen molar-refractivity contribution < 1.29 is 30.7 Å². The van der Waals surface area contributed by atoms with Crippen molar-refractivity contribution in [1.82, 2.24) is 0 Å². The molecule has 4 bridgehead atoms. The van der Waals surface area contributed by atoms with E-state index in [9.17, 15) is 5.11 Å². The Balaban J connectivity index is 0.000000755. The van der Waals surface area contributed by atoms with Gasteiger partial charge >= 0.3 is 37.9 Å². The molecule has 3 nitrogen and oxygen atoms in total. The molecular weight excluding hydrogens is 484 g/mol. The molecule has 0 aromatic heterocycles. The van der Waals surface area contributed by atoms with Crippen molar-refractivity contribution >= 4 is 23.2 Å². The average molecular weight is 518 g/mol. The molecule has 0 heterocycles. The van der Waals surface area contributed by atoms with E-state index in [1.165, 1.54) is 38.5 Å². The van der Waals surface area contributed by atoms with Gasteiger partial charge < -0.3 is 9.84 Å². The second-order valence-corrected chi connectivity index (χ2v) is 13.3. The van der Waals surface area contributed by atoms with Crippen LogP contribution in [0, 0.1) is 23.7 Å². The molecule has 1 aromatic rings. The van der Waals surface area contributed by atoms with Crippen LogP contribution in [0.15, 0.2) is 17.1 Å². The van der Waals surface area contributed by atoms with Gasteiger partial charge in [-0.2, -0.15) is 0 Å². The summed E-state index contributed by atoms with van der Waals surface area (Å²) in [5.74, 6) is 4.51. The molecule has 5 rings (SSSR count). The number of halogens is 2. The third kappa shape index (κ3) is 5.61. The van der Waals surface area contributed by atoms with E-state index in [1.54, 1.807) is 7.11 Å². The molecule has 4 fully saturated rings. The number of methoxy groups -OCH3 is 1. The summed E-state index contributed by atoms with van der Waals surface area (Å²) in [6.07, 6.45) is 10.9. The molecule has 0 radical (unpaired) electrons. The number of rotatable bonds is 6. The van der Waals surface area contributed by atoms with Gasteiger partial charge in [0, 0.05) is 23.9 Å².